The topological polar surface area (TPSA) is 83.7 Å². The predicted octanol–water partition coefficient (Wildman–Crippen LogP) is 6.53. The molecule has 0 bridgehead atoms. The summed E-state index contributed by atoms with van der Waals surface area (Å²) in [5.74, 6) is -3.12. The van der Waals surface area contributed by atoms with Crippen molar-refractivity contribution < 1.29 is 27.6 Å². The molecule has 1 aliphatic carbocycles. The zero-order valence-corrected chi connectivity index (χ0v) is 27.6. The number of hydrogen-bond donors (Lipinski definition) is 1. The summed E-state index contributed by atoms with van der Waals surface area (Å²) in [7, 11) is 0. The van der Waals surface area contributed by atoms with Crippen molar-refractivity contribution in [3.63, 3.8) is 0 Å². The van der Waals surface area contributed by atoms with Gasteiger partial charge in [0.1, 0.15) is 24.2 Å². The number of imide groups is 1. The molecule has 4 amide bonds. The van der Waals surface area contributed by atoms with E-state index in [1.807, 2.05) is 49.4 Å². The summed E-state index contributed by atoms with van der Waals surface area (Å²) in [5.41, 5.74) is 6.93. The van der Waals surface area contributed by atoms with Crippen LogP contribution < -0.4 is 5.73 Å². The number of halogens is 2. The van der Waals surface area contributed by atoms with E-state index in [-0.39, 0.29) is 47.0 Å². The number of carbonyl (C=O) groups excluding carboxylic acids is 3. The van der Waals surface area contributed by atoms with Crippen molar-refractivity contribution in [3.05, 3.63) is 57.8 Å². The van der Waals surface area contributed by atoms with Gasteiger partial charge in [0, 0.05) is 48.5 Å². The van der Waals surface area contributed by atoms with Gasteiger partial charge < -0.3 is 10.6 Å². The van der Waals surface area contributed by atoms with Gasteiger partial charge in [-0.1, -0.05) is 19.9 Å². The molecular formula is C34H47F2N4O3S+. The lowest BCUT2D eigenvalue weighted by molar-refractivity contribution is -0.786. The molecule has 1 aromatic heterocycles. The Hall–Kier alpha value is -2.69. The highest BCUT2D eigenvalue weighted by Crippen LogP contribution is 2.44. The first kappa shape index (κ1) is 32.7. The van der Waals surface area contributed by atoms with Crippen LogP contribution in [0.25, 0.3) is 0 Å². The number of nitrogens with two attached hydrogens (primary N) is 1. The molecule has 3 fully saturated rings. The number of carbonyl (C=O) groups is 3. The number of benzene rings is 1. The summed E-state index contributed by atoms with van der Waals surface area (Å²) >= 11 is 1.47. The Morgan fingerprint density at radius 2 is 1.75 bits per heavy atom. The first-order valence-electron chi connectivity index (χ1n) is 15.8. The maximum Gasteiger partial charge on any atom is 0.421 e. The van der Waals surface area contributed by atoms with Gasteiger partial charge in [-0.15, -0.1) is 0 Å². The Kier molecular flexibility index (Phi) is 8.85. The molecule has 0 radical (unpaired) electrons. The smallest absolute Gasteiger partial charge is 0.327 e. The summed E-state index contributed by atoms with van der Waals surface area (Å²) in [6.45, 7) is 13.3. The number of quaternary nitrogens is 1. The van der Waals surface area contributed by atoms with Crippen LogP contribution in [0, 0.1) is 23.0 Å². The third-order valence-corrected chi connectivity index (χ3v) is 11.4. The number of likely N-dealkylation sites (tertiary alicyclic amines) is 2. The van der Waals surface area contributed by atoms with Gasteiger partial charge in [0.2, 0.25) is 0 Å². The largest absolute Gasteiger partial charge is 0.421 e. The molecule has 7 nitrogen and oxygen atoms in total. The Morgan fingerprint density at radius 3 is 2.32 bits per heavy atom. The minimum absolute atomic E-state index is 0.000439. The molecule has 2 N–H and O–H groups in total. The van der Waals surface area contributed by atoms with E-state index in [4.69, 9.17) is 5.73 Å². The first-order valence-corrected chi connectivity index (χ1v) is 16.8. The van der Waals surface area contributed by atoms with Crippen molar-refractivity contribution in [2.75, 3.05) is 19.6 Å². The maximum atomic E-state index is 15.2. The zero-order chi connectivity index (χ0) is 32.2. The highest BCUT2D eigenvalue weighted by Gasteiger charge is 2.61. The van der Waals surface area contributed by atoms with E-state index in [1.54, 1.807) is 0 Å². The quantitative estimate of drug-likeness (QED) is 0.381. The van der Waals surface area contributed by atoms with E-state index in [2.05, 4.69) is 18.7 Å². The molecule has 1 aromatic carbocycles. The molecule has 44 heavy (non-hydrogen) atoms. The summed E-state index contributed by atoms with van der Waals surface area (Å²) in [6, 6.07) is 3.73. The van der Waals surface area contributed by atoms with Crippen molar-refractivity contribution in [2.45, 2.75) is 103 Å². The molecule has 10 heteroatoms. The van der Waals surface area contributed by atoms with Crippen LogP contribution in [-0.2, 0) is 4.79 Å². The molecule has 240 valence electrons. The Balaban J connectivity index is 1.51. The number of primary amides is 1. The average Bonchev–Trinajstić information content (AvgIpc) is 3.68. The number of urea groups is 1. The first-order chi connectivity index (χ1) is 20.5. The lowest BCUT2D eigenvalue weighted by atomic mass is 9.75. The average molecular weight is 630 g/mol. The highest BCUT2D eigenvalue weighted by atomic mass is 32.1. The Bertz CT molecular complexity index is 1400. The second kappa shape index (κ2) is 11.9. The third-order valence-electron chi connectivity index (χ3n) is 10.7. The fourth-order valence-corrected chi connectivity index (χ4v) is 8.56. The molecule has 3 heterocycles. The van der Waals surface area contributed by atoms with Gasteiger partial charge in [0.05, 0.1) is 17.5 Å². The number of nitrogens with zero attached hydrogens (tertiary/aromatic N) is 3. The van der Waals surface area contributed by atoms with Crippen molar-refractivity contribution in [1.82, 2.24) is 9.80 Å². The van der Waals surface area contributed by atoms with Crippen LogP contribution in [-0.4, -0.2) is 75.4 Å². The molecule has 2 unspecified atom stereocenters. The van der Waals surface area contributed by atoms with Crippen LogP contribution in [0.4, 0.5) is 13.6 Å². The van der Waals surface area contributed by atoms with Gasteiger partial charge in [-0.3, -0.25) is 9.69 Å². The van der Waals surface area contributed by atoms with Crippen LogP contribution in [0.3, 0.4) is 0 Å². The zero-order valence-electron chi connectivity index (χ0n) is 26.8. The van der Waals surface area contributed by atoms with Crippen LogP contribution in [0.5, 0.6) is 0 Å². The van der Waals surface area contributed by atoms with E-state index in [0.29, 0.717) is 25.1 Å². The summed E-state index contributed by atoms with van der Waals surface area (Å²) < 4.78 is 28.5. The third kappa shape index (κ3) is 5.97. The van der Waals surface area contributed by atoms with Crippen LogP contribution >= 0.6 is 11.3 Å². The molecule has 2 saturated heterocycles. The van der Waals surface area contributed by atoms with Gasteiger partial charge in [0.25, 0.3) is 5.91 Å². The predicted molar refractivity (Wildman–Crippen MR) is 168 cm³/mol. The molecule has 2 aromatic rings. The molecule has 1 saturated carbocycles. The van der Waals surface area contributed by atoms with Gasteiger partial charge in [-0.25, -0.2) is 18.4 Å². The van der Waals surface area contributed by atoms with E-state index >= 15 is 4.39 Å². The summed E-state index contributed by atoms with van der Waals surface area (Å²) in [4.78, 5) is 46.5. The monoisotopic (exact) mass is 629 g/mol. The highest BCUT2D eigenvalue weighted by molar-refractivity contribution is 7.08. The second-order valence-corrected chi connectivity index (χ2v) is 15.8. The van der Waals surface area contributed by atoms with Crippen LogP contribution in [0.15, 0.2) is 35.0 Å². The maximum absolute atomic E-state index is 15.2. The normalized spacial score (nSPS) is 29.5. The number of rotatable bonds is 5. The standard InChI is InChI=1S/C34H46F2N4O3S/c1-21-15-25(39(30(41)22-11-14-44-20-22)24-9-12-34(5,6)13-10-24)19-40(21,32(37)43)31(42)28-18-38(33(2,3)4)17-27(28)26-8-7-23(35)16-29(26)36/h7-8,11,14,16,20-21,24-25,27-28H,9-10,12-13,15,17-19H2,1-6H3,(H-,37,43)/p+1/t21?,25-,27-,28+,40?/m0/s1. The summed E-state index contributed by atoms with van der Waals surface area (Å²) in [6.07, 6.45) is 4.13. The summed E-state index contributed by atoms with van der Waals surface area (Å²) in [5, 5.41) is 3.74. The van der Waals surface area contributed by atoms with Gasteiger partial charge in [-0.05, 0) is 81.9 Å². The van der Waals surface area contributed by atoms with Gasteiger partial charge in [0.15, 0.2) is 0 Å². The molecule has 3 aliphatic rings. The molecule has 5 rings (SSSR count). The second-order valence-electron chi connectivity index (χ2n) is 15.0. The van der Waals surface area contributed by atoms with Crippen LogP contribution in [0.2, 0.25) is 0 Å². The SMILES string of the molecule is CC1C[C@H](N(C(=O)c2ccsc2)C2CCC(C)(C)CC2)C[N+]1(C(N)=O)C(=O)[C@@H]1CN(C(C)(C)C)C[C@H]1c1ccc(F)cc1F. The van der Waals surface area contributed by atoms with Crippen molar-refractivity contribution in [3.8, 4) is 0 Å². The molecule has 5 atom stereocenters. The molecule has 2 aliphatic heterocycles. The minimum Gasteiger partial charge on any atom is -0.327 e. The van der Waals surface area contributed by atoms with Crippen molar-refractivity contribution >= 4 is 29.2 Å². The minimum atomic E-state index is -0.745. The van der Waals surface area contributed by atoms with E-state index < -0.39 is 40.0 Å². The lowest BCUT2D eigenvalue weighted by Crippen LogP contribution is -2.65. The van der Waals surface area contributed by atoms with E-state index in [0.717, 1.165) is 31.7 Å². The Labute approximate surface area is 264 Å². The fourth-order valence-electron chi connectivity index (χ4n) is 7.93. The van der Waals surface area contributed by atoms with E-state index in [9.17, 15) is 18.8 Å². The van der Waals surface area contributed by atoms with Gasteiger partial charge in [-0.2, -0.15) is 15.8 Å². The van der Waals surface area contributed by atoms with Crippen LogP contribution in [0.1, 0.15) is 95.5 Å². The van der Waals surface area contributed by atoms with E-state index in [1.165, 1.54) is 23.5 Å². The number of thiophene rings is 1. The molecule has 0 spiro atoms. The molecular weight excluding hydrogens is 582 g/mol. The number of amides is 4. The van der Waals surface area contributed by atoms with Crippen molar-refractivity contribution in [1.29, 1.82) is 0 Å². The number of hydrogen-bond acceptors (Lipinski definition) is 5. The van der Waals surface area contributed by atoms with Crippen molar-refractivity contribution in [2.24, 2.45) is 17.1 Å². The fraction of sp³-hybridized carbons (Fsp3) is 0.618. The van der Waals surface area contributed by atoms with Gasteiger partial charge >= 0.3 is 11.9 Å². The Morgan fingerprint density at radius 1 is 1.07 bits per heavy atom. The lowest BCUT2D eigenvalue weighted by Gasteiger charge is -2.42.